The Balaban J connectivity index is 0. The maximum absolute atomic E-state index is 11.5. The first-order valence-electron chi connectivity index (χ1n) is 7.73. The van der Waals surface area contributed by atoms with Gasteiger partial charge in [-0.15, -0.1) is 5.06 Å². The fraction of sp³-hybridized carbons (Fsp3) is 0.688. The smallest absolute Gasteiger partial charge is 0.333 e. The van der Waals surface area contributed by atoms with E-state index in [2.05, 4.69) is 13.5 Å². The van der Waals surface area contributed by atoms with E-state index in [0.717, 1.165) is 24.5 Å². The van der Waals surface area contributed by atoms with Crippen molar-refractivity contribution in [2.24, 2.45) is 0 Å². The Morgan fingerprint density at radius 2 is 1.77 bits per heavy atom. The molecule has 1 amide bonds. The maximum Gasteiger partial charge on any atom is 0.333 e. The highest BCUT2D eigenvalue weighted by Gasteiger charge is 2.27. The summed E-state index contributed by atoms with van der Waals surface area (Å²) in [5.41, 5.74) is 0.549. The van der Waals surface area contributed by atoms with Gasteiger partial charge in [-0.2, -0.15) is 0 Å². The van der Waals surface area contributed by atoms with Crippen LogP contribution in [0.15, 0.2) is 12.3 Å². The lowest BCUT2D eigenvalue weighted by molar-refractivity contribution is -0.186. The van der Waals surface area contributed by atoms with Gasteiger partial charge in [-0.25, -0.2) is 4.79 Å². The molecule has 0 aromatic rings. The molecule has 0 atom stereocenters. The molecule has 1 aliphatic heterocycles. The zero-order chi connectivity index (χ0) is 17.4. The van der Waals surface area contributed by atoms with Crippen LogP contribution in [0.2, 0.25) is 0 Å². The Morgan fingerprint density at radius 3 is 2.27 bits per heavy atom. The molecule has 1 heterocycles. The normalized spacial score (nSPS) is 13.0. The number of hydrogen-bond donors (Lipinski definition) is 0. The summed E-state index contributed by atoms with van der Waals surface area (Å²) in [6, 6.07) is 0. The molecule has 1 rings (SSSR count). The number of unbranched alkanes of at least 4 members (excludes halogenated alkanes) is 1. The van der Waals surface area contributed by atoms with Crippen LogP contribution < -0.4 is 0 Å². The first-order chi connectivity index (χ1) is 10.6. The third kappa shape index (κ3) is 10.1. The molecule has 0 aromatic carbocycles. The largest absolute Gasteiger partial charge is 0.381 e. The van der Waals surface area contributed by atoms with Crippen LogP contribution in [0, 0.1) is 0 Å². The van der Waals surface area contributed by atoms with E-state index in [0.29, 0.717) is 31.6 Å². The molecule has 0 bridgehead atoms. The van der Waals surface area contributed by atoms with Crippen LogP contribution in [0.3, 0.4) is 0 Å². The molecule has 0 aromatic heterocycles. The minimum Gasteiger partial charge on any atom is -0.381 e. The quantitative estimate of drug-likeness (QED) is 0.644. The summed E-state index contributed by atoms with van der Waals surface area (Å²) in [6.45, 7) is 13.0. The van der Waals surface area contributed by atoms with E-state index < -0.39 is 5.97 Å². The van der Waals surface area contributed by atoms with Crippen LogP contribution in [0.5, 0.6) is 0 Å². The van der Waals surface area contributed by atoms with Gasteiger partial charge in [0.1, 0.15) is 6.79 Å². The number of ether oxygens (including phenoxy) is 1. The van der Waals surface area contributed by atoms with E-state index in [1.165, 1.54) is 0 Å². The molecule has 1 fully saturated rings. The van der Waals surface area contributed by atoms with Crippen molar-refractivity contribution in [1.82, 2.24) is 5.06 Å². The molecule has 6 nitrogen and oxygen atoms in total. The van der Waals surface area contributed by atoms with E-state index in [1.807, 2.05) is 20.6 Å². The summed E-state index contributed by atoms with van der Waals surface area (Å²) < 4.78 is 5.33. The van der Waals surface area contributed by atoms with Crippen molar-refractivity contribution in [3.8, 4) is 0 Å². The molecular formula is C16H29NO5. The number of carbonyl (C=O) groups is 3. The van der Waals surface area contributed by atoms with Crippen LogP contribution in [-0.4, -0.2) is 36.9 Å². The molecule has 1 aliphatic rings. The third-order valence-electron chi connectivity index (χ3n) is 2.65. The van der Waals surface area contributed by atoms with Gasteiger partial charge in [0, 0.05) is 19.6 Å². The lowest BCUT2D eigenvalue weighted by Gasteiger charge is -2.15. The van der Waals surface area contributed by atoms with E-state index in [1.54, 1.807) is 0 Å². The van der Waals surface area contributed by atoms with Gasteiger partial charge >= 0.3 is 5.97 Å². The van der Waals surface area contributed by atoms with Crippen LogP contribution in [0.4, 0.5) is 0 Å². The topological polar surface area (TPSA) is 72.9 Å². The van der Waals surface area contributed by atoms with Gasteiger partial charge in [-0.05, 0) is 19.3 Å². The lowest BCUT2D eigenvalue weighted by Crippen LogP contribution is -2.26. The van der Waals surface area contributed by atoms with E-state index in [4.69, 9.17) is 14.4 Å². The Kier molecular flexibility index (Phi) is 16.1. The van der Waals surface area contributed by atoms with Crippen LogP contribution in [-0.2, 0) is 24.0 Å². The molecule has 128 valence electrons. The number of hydrogen-bond acceptors (Lipinski definition) is 5. The van der Waals surface area contributed by atoms with Gasteiger partial charge in [-0.3, -0.25) is 4.79 Å². The summed E-state index contributed by atoms with van der Waals surface area (Å²) in [4.78, 5) is 35.8. The first kappa shape index (κ1) is 22.6. The van der Waals surface area contributed by atoms with Crippen LogP contribution >= 0.6 is 0 Å². The lowest BCUT2D eigenvalue weighted by atomic mass is 10.3. The van der Waals surface area contributed by atoms with Gasteiger partial charge < -0.3 is 14.4 Å². The van der Waals surface area contributed by atoms with Crippen molar-refractivity contribution in [1.29, 1.82) is 0 Å². The summed E-state index contributed by atoms with van der Waals surface area (Å²) in [5, 5.41) is 1.01. The third-order valence-corrected chi connectivity index (χ3v) is 2.65. The number of allylic oxidation sites excluding steroid dienone is 1. The average Bonchev–Trinajstić information content (AvgIpc) is 2.86. The number of carbonyl (C=O) groups excluding carboxylic acids is 3. The van der Waals surface area contributed by atoms with E-state index >= 15 is 0 Å². The number of nitrogens with zero attached hydrogens (tertiary/aromatic N) is 1. The number of amides is 1. The highest BCUT2D eigenvalue weighted by Crippen LogP contribution is 2.21. The zero-order valence-electron chi connectivity index (χ0n) is 14.1. The monoisotopic (exact) mass is 315 g/mol. The maximum atomic E-state index is 11.5. The van der Waals surface area contributed by atoms with Gasteiger partial charge in [0.25, 0.3) is 5.91 Å². The number of rotatable bonds is 8. The molecule has 0 aliphatic carbocycles. The van der Waals surface area contributed by atoms with Gasteiger partial charge in [0.2, 0.25) is 0 Å². The Bertz CT molecular complexity index is 314. The van der Waals surface area contributed by atoms with Gasteiger partial charge in [-0.1, -0.05) is 33.8 Å². The predicted molar refractivity (Wildman–Crippen MR) is 84.7 cm³/mol. The molecule has 6 heteroatoms. The van der Waals surface area contributed by atoms with Crippen molar-refractivity contribution in [3.63, 3.8) is 0 Å². The van der Waals surface area contributed by atoms with Crippen molar-refractivity contribution in [2.75, 3.05) is 13.2 Å². The van der Waals surface area contributed by atoms with E-state index in [9.17, 15) is 9.59 Å². The van der Waals surface area contributed by atoms with Crippen LogP contribution in [0.25, 0.3) is 0 Å². The van der Waals surface area contributed by atoms with Crippen molar-refractivity contribution >= 4 is 18.7 Å². The van der Waals surface area contributed by atoms with Crippen molar-refractivity contribution < 1.29 is 24.0 Å². The fourth-order valence-corrected chi connectivity index (χ4v) is 1.56. The Hall–Kier alpha value is -1.69. The summed E-state index contributed by atoms with van der Waals surface area (Å²) in [6.07, 6.45) is 3.92. The van der Waals surface area contributed by atoms with Crippen molar-refractivity contribution in [2.45, 2.75) is 59.3 Å². The predicted octanol–water partition coefficient (Wildman–Crippen LogP) is 3.02. The second kappa shape index (κ2) is 15.7. The average molecular weight is 315 g/mol. The Morgan fingerprint density at radius 1 is 1.18 bits per heavy atom. The minimum absolute atomic E-state index is 0.201. The highest BCUT2D eigenvalue weighted by molar-refractivity contribution is 5.82. The molecular weight excluding hydrogens is 286 g/mol. The summed E-state index contributed by atoms with van der Waals surface area (Å²) in [7, 11) is 0. The molecule has 22 heavy (non-hydrogen) atoms. The standard InChI is InChI=1S/C13H21NO4.C2H6.CH2O/c1-3-4-9-17-10-5-6-13(16)18-14-11(2)7-8-12(14)15;2*1-2/h2-10H2,1H3;1-2H3;1H2. The summed E-state index contributed by atoms with van der Waals surface area (Å²) >= 11 is 0. The van der Waals surface area contributed by atoms with Gasteiger partial charge in [0.05, 0.1) is 12.1 Å². The Labute approximate surface area is 133 Å². The minimum atomic E-state index is -0.412. The molecule has 0 radical (unpaired) electrons. The fourth-order valence-electron chi connectivity index (χ4n) is 1.56. The molecule has 0 spiro atoms. The second-order valence-corrected chi connectivity index (χ2v) is 4.29. The first-order valence-corrected chi connectivity index (χ1v) is 7.73. The van der Waals surface area contributed by atoms with Crippen molar-refractivity contribution in [3.05, 3.63) is 12.3 Å². The summed E-state index contributed by atoms with van der Waals surface area (Å²) in [5.74, 6) is -0.613. The molecule has 0 N–H and O–H groups in total. The molecule has 0 unspecified atom stereocenters. The SMILES string of the molecule is C=C1CCC(=O)N1OC(=O)CCCOCCCC.C=O.CC. The second-order valence-electron chi connectivity index (χ2n) is 4.29. The van der Waals surface area contributed by atoms with Crippen LogP contribution in [0.1, 0.15) is 59.3 Å². The number of hydroxylamine groups is 2. The zero-order valence-corrected chi connectivity index (χ0v) is 14.1. The highest BCUT2D eigenvalue weighted by atomic mass is 16.7. The van der Waals surface area contributed by atoms with E-state index in [-0.39, 0.29) is 12.3 Å². The van der Waals surface area contributed by atoms with Gasteiger partial charge in [0.15, 0.2) is 0 Å². The molecule has 1 saturated heterocycles. The molecule has 0 saturated carbocycles.